The zero-order valence-electron chi connectivity index (χ0n) is 11.6. The molecular formula is C12H29N3O2. The number of hydrogen-bond acceptors (Lipinski definition) is 5. The van der Waals surface area contributed by atoms with Crippen LogP contribution >= 0.6 is 0 Å². The fraction of sp³-hybridized carbons (Fsp3) is 1.00. The molecule has 0 amide bonds. The molecule has 0 aliphatic rings. The second kappa shape index (κ2) is 12.3. The predicted molar refractivity (Wildman–Crippen MR) is 71.3 cm³/mol. The highest BCUT2D eigenvalue weighted by atomic mass is 16.5. The van der Waals surface area contributed by atoms with Crippen molar-refractivity contribution < 1.29 is 9.47 Å². The fourth-order valence-corrected chi connectivity index (χ4v) is 1.63. The average molecular weight is 247 g/mol. The molecule has 0 aliphatic carbocycles. The number of nitrogens with one attached hydrogen (secondary N) is 1. The number of nitrogens with zero attached hydrogens (tertiary/aromatic N) is 1. The van der Waals surface area contributed by atoms with Gasteiger partial charge in [-0.1, -0.05) is 0 Å². The van der Waals surface area contributed by atoms with Crippen molar-refractivity contribution >= 4 is 0 Å². The van der Waals surface area contributed by atoms with E-state index in [0.717, 1.165) is 52.2 Å². The smallest absolute Gasteiger partial charge is 0.0615 e. The molecule has 0 spiro atoms. The van der Waals surface area contributed by atoms with Crippen LogP contribution in [-0.2, 0) is 9.47 Å². The van der Waals surface area contributed by atoms with Crippen LogP contribution in [0.1, 0.15) is 12.8 Å². The highest BCUT2D eigenvalue weighted by Gasteiger charge is 2.07. The normalized spacial score (nSPS) is 13.2. The lowest BCUT2D eigenvalue weighted by Gasteiger charge is -2.21. The lowest BCUT2D eigenvalue weighted by molar-refractivity contribution is 0.150. The zero-order chi connectivity index (χ0) is 12.9. The van der Waals surface area contributed by atoms with Gasteiger partial charge in [0.25, 0.3) is 0 Å². The Kier molecular flexibility index (Phi) is 12.1. The molecule has 0 aliphatic heterocycles. The molecule has 5 heteroatoms. The molecule has 0 saturated heterocycles. The molecule has 17 heavy (non-hydrogen) atoms. The summed E-state index contributed by atoms with van der Waals surface area (Å²) in [6, 6.07) is 0.416. The van der Waals surface area contributed by atoms with Crippen LogP contribution in [0.2, 0.25) is 0 Å². The molecule has 0 saturated carbocycles. The Morgan fingerprint density at radius 1 is 1.24 bits per heavy atom. The summed E-state index contributed by atoms with van der Waals surface area (Å²) in [5.74, 6) is 0. The summed E-state index contributed by atoms with van der Waals surface area (Å²) in [6.07, 6.45) is 2.12. The summed E-state index contributed by atoms with van der Waals surface area (Å²) in [7, 11) is 5.57. The molecule has 104 valence electrons. The van der Waals surface area contributed by atoms with Crippen LogP contribution < -0.4 is 11.1 Å². The minimum atomic E-state index is 0.416. The summed E-state index contributed by atoms with van der Waals surface area (Å²) < 4.78 is 10.2. The van der Waals surface area contributed by atoms with E-state index in [-0.39, 0.29) is 0 Å². The van der Waals surface area contributed by atoms with E-state index < -0.39 is 0 Å². The Morgan fingerprint density at radius 3 is 2.59 bits per heavy atom. The average Bonchev–Trinajstić information content (AvgIpc) is 2.33. The molecule has 1 unspecified atom stereocenters. The molecule has 1 atom stereocenters. The van der Waals surface area contributed by atoms with Crippen molar-refractivity contribution in [2.24, 2.45) is 5.73 Å². The van der Waals surface area contributed by atoms with Crippen molar-refractivity contribution in [3.8, 4) is 0 Å². The van der Waals surface area contributed by atoms with Gasteiger partial charge in [-0.15, -0.1) is 0 Å². The van der Waals surface area contributed by atoms with E-state index in [0.29, 0.717) is 6.04 Å². The topological polar surface area (TPSA) is 59.8 Å². The van der Waals surface area contributed by atoms with Gasteiger partial charge in [0.1, 0.15) is 0 Å². The van der Waals surface area contributed by atoms with Crippen molar-refractivity contribution in [2.75, 3.05) is 60.7 Å². The van der Waals surface area contributed by atoms with Crippen molar-refractivity contribution in [1.82, 2.24) is 10.2 Å². The third kappa shape index (κ3) is 10.7. The van der Waals surface area contributed by atoms with Crippen LogP contribution in [0.5, 0.6) is 0 Å². The van der Waals surface area contributed by atoms with E-state index in [4.69, 9.17) is 15.2 Å². The quantitative estimate of drug-likeness (QED) is 0.505. The number of nitrogens with two attached hydrogens (primary N) is 1. The van der Waals surface area contributed by atoms with Crippen LogP contribution in [-0.4, -0.2) is 71.6 Å². The monoisotopic (exact) mass is 247 g/mol. The first-order valence-electron chi connectivity index (χ1n) is 6.34. The highest BCUT2D eigenvalue weighted by molar-refractivity contribution is 4.67. The molecule has 0 radical (unpaired) electrons. The van der Waals surface area contributed by atoms with Gasteiger partial charge in [0.15, 0.2) is 0 Å². The van der Waals surface area contributed by atoms with Crippen molar-refractivity contribution in [1.29, 1.82) is 0 Å². The third-order valence-electron chi connectivity index (χ3n) is 2.73. The van der Waals surface area contributed by atoms with Crippen molar-refractivity contribution in [2.45, 2.75) is 18.9 Å². The van der Waals surface area contributed by atoms with Gasteiger partial charge in [0.05, 0.1) is 13.2 Å². The number of hydrogen-bond donors (Lipinski definition) is 2. The number of rotatable bonds is 12. The van der Waals surface area contributed by atoms with Crippen LogP contribution in [0.15, 0.2) is 0 Å². The molecule has 0 aromatic carbocycles. The number of likely N-dealkylation sites (N-methyl/N-ethyl adjacent to an activating group) is 1. The van der Waals surface area contributed by atoms with E-state index in [9.17, 15) is 0 Å². The van der Waals surface area contributed by atoms with Crippen LogP contribution in [0.4, 0.5) is 0 Å². The molecular weight excluding hydrogens is 218 g/mol. The van der Waals surface area contributed by atoms with Crippen LogP contribution in [0, 0.1) is 0 Å². The van der Waals surface area contributed by atoms with Gasteiger partial charge in [-0.2, -0.15) is 0 Å². The molecule has 0 aromatic heterocycles. The largest absolute Gasteiger partial charge is 0.383 e. The third-order valence-corrected chi connectivity index (χ3v) is 2.73. The molecule has 0 rings (SSSR count). The first-order valence-corrected chi connectivity index (χ1v) is 6.34. The number of ether oxygens (including phenoxy) is 2. The Balaban J connectivity index is 3.57. The summed E-state index contributed by atoms with van der Waals surface area (Å²) >= 11 is 0. The van der Waals surface area contributed by atoms with E-state index in [1.807, 2.05) is 0 Å². The summed E-state index contributed by atoms with van der Waals surface area (Å²) in [5.41, 5.74) is 5.51. The second-order valence-corrected chi connectivity index (χ2v) is 4.33. The van der Waals surface area contributed by atoms with E-state index in [2.05, 4.69) is 17.3 Å². The second-order valence-electron chi connectivity index (χ2n) is 4.33. The van der Waals surface area contributed by atoms with E-state index in [1.54, 1.807) is 14.2 Å². The van der Waals surface area contributed by atoms with Gasteiger partial charge in [0, 0.05) is 39.9 Å². The van der Waals surface area contributed by atoms with E-state index >= 15 is 0 Å². The standard InChI is InChI=1S/C12H29N3O2/c1-15(9-10-16-2)8-7-14-12(11-17-3)5-4-6-13/h12,14H,4-11,13H2,1-3H3. The molecule has 0 aromatic rings. The van der Waals surface area contributed by atoms with Gasteiger partial charge < -0.3 is 25.4 Å². The predicted octanol–water partition coefficient (Wildman–Crippen LogP) is -0.0919. The lowest BCUT2D eigenvalue weighted by atomic mass is 10.1. The van der Waals surface area contributed by atoms with Gasteiger partial charge in [0.2, 0.25) is 0 Å². The van der Waals surface area contributed by atoms with Gasteiger partial charge in [-0.3, -0.25) is 0 Å². The zero-order valence-corrected chi connectivity index (χ0v) is 11.6. The van der Waals surface area contributed by atoms with E-state index in [1.165, 1.54) is 0 Å². The SMILES string of the molecule is COCCN(C)CCNC(CCCN)COC. The maximum atomic E-state index is 5.51. The maximum Gasteiger partial charge on any atom is 0.0615 e. The maximum absolute atomic E-state index is 5.51. The molecule has 3 N–H and O–H groups in total. The van der Waals surface area contributed by atoms with Crippen molar-refractivity contribution in [3.05, 3.63) is 0 Å². The van der Waals surface area contributed by atoms with Gasteiger partial charge >= 0.3 is 0 Å². The molecule has 0 bridgehead atoms. The Labute approximate surface area is 106 Å². The van der Waals surface area contributed by atoms with Gasteiger partial charge in [-0.05, 0) is 26.4 Å². The van der Waals surface area contributed by atoms with Crippen LogP contribution in [0.25, 0.3) is 0 Å². The molecule has 5 nitrogen and oxygen atoms in total. The minimum absolute atomic E-state index is 0.416. The lowest BCUT2D eigenvalue weighted by Crippen LogP contribution is -2.39. The highest BCUT2D eigenvalue weighted by Crippen LogP contribution is 1.96. The first-order chi connectivity index (χ1) is 8.24. The molecule has 0 fully saturated rings. The Hall–Kier alpha value is -0.200. The Bertz CT molecular complexity index is 159. The minimum Gasteiger partial charge on any atom is -0.383 e. The van der Waals surface area contributed by atoms with Crippen LogP contribution in [0.3, 0.4) is 0 Å². The summed E-state index contributed by atoms with van der Waals surface area (Å²) in [6.45, 7) is 5.24. The molecule has 0 heterocycles. The number of methoxy groups -OCH3 is 2. The summed E-state index contributed by atoms with van der Waals surface area (Å²) in [4.78, 5) is 2.25. The fourth-order valence-electron chi connectivity index (χ4n) is 1.63. The first kappa shape index (κ1) is 16.8. The van der Waals surface area contributed by atoms with Gasteiger partial charge in [-0.25, -0.2) is 0 Å². The Morgan fingerprint density at radius 2 is 2.00 bits per heavy atom. The van der Waals surface area contributed by atoms with Crippen molar-refractivity contribution in [3.63, 3.8) is 0 Å². The summed E-state index contributed by atoms with van der Waals surface area (Å²) in [5, 5.41) is 3.50.